The third-order valence-corrected chi connectivity index (χ3v) is 5.46. The van der Waals surface area contributed by atoms with Gasteiger partial charge in [0.2, 0.25) is 5.95 Å². The zero-order valence-electron chi connectivity index (χ0n) is 18.7. The Morgan fingerprint density at radius 1 is 1.21 bits per heavy atom. The second-order valence-corrected chi connectivity index (χ2v) is 8.39. The van der Waals surface area contributed by atoms with Gasteiger partial charge >= 0.3 is 12.4 Å². The molecular weight excluding hydrogens is 437 g/mol. The van der Waals surface area contributed by atoms with Crippen LogP contribution in [0.5, 0.6) is 11.8 Å². The minimum atomic E-state index is -4.75. The lowest BCUT2D eigenvalue weighted by molar-refractivity contribution is -0.274. The van der Waals surface area contributed by atoms with Crippen LogP contribution in [0.4, 0.5) is 19.1 Å². The van der Waals surface area contributed by atoms with Crippen LogP contribution in [0.2, 0.25) is 0 Å². The number of benzene rings is 1. The summed E-state index contributed by atoms with van der Waals surface area (Å²) in [4.78, 5) is 9.13. The minimum absolute atomic E-state index is 0.0342. The van der Waals surface area contributed by atoms with Crippen molar-refractivity contribution in [3.05, 3.63) is 41.6 Å². The highest BCUT2D eigenvalue weighted by atomic mass is 19.4. The molecule has 178 valence electrons. The van der Waals surface area contributed by atoms with E-state index in [0.29, 0.717) is 17.2 Å². The molecule has 0 amide bonds. The van der Waals surface area contributed by atoms with Crippen molar-refractivity contribution in [2.75, 3.05) is 18.4 Å². The summed E-state index contributed by atoms with van der Waals surface area (Å²) in [6.07, 6.45) is -1.13. The van der Waals surface area contributed by atoms with Crippen LogP contribution >= 0.6 is 0 Å². The number of piperidine rings is 1. The summed E-state index contributed by atoms with van der Waals surface area (Å²) in [7, 11) is 0. The number of aromatic nitrogens is 4. The van der Waals surface area contributed by atoms with Crippen molar-refractivity contribution in [1.82, 2.24) is 24.9 Å². The molecule has 1 saturated heterocycles. The quantitative estimate of drug-likeness (QED) is 0.534. The second kappa shape index (κ2) is 9.42. The van der Waals surface area contributed by atoms with E-state index in [0.717, 1.165) is 31.5 Å². The number of rotatable bonds is 7. The van der Waals surface area contributed by atoms with Gasteiger partial charge in [-0.25, -0.2) is 0 Å². The van der Waals surface area contributed by atoms with Crippen molar-refractivity contribution < 1.29 is 22.6 Å². The molecule has 11 heteroatoms. The highest BCUT2D eigenvalue weighted by Crippen LogP contribution is 2.28. The van der Waals surface area contributed by atoms with Crippen molar-refractivity contribution in [2.45, 2.75) is 58.0 Å². The fraction of sp³-hybridized carbons (Fsp3) is 0.500. The first-order valence-electron chi connectivity index (χ1n) is 10.9. The van der Waals surface area contributed by atoms with E-state index in [1.165, 1.54) is 18.2 Å². The molecule has 1 fully saturated rings. The highest BCUT2D eigenvalue weighted by molar-refractivity contribution is 5.53. The van der Waals surface area contributed by atoms with Gasteiger partial charge < -0.3 is 20.1 Å². The van der Waals surface area contributed by atoms with Gasteiger partial charge in [0.05, 0.1) is 12.2 Å². The summed E-state index contributed by atoms with van der Waals surface area (Å²) in [5.41, 5.74) is 2.17. The summed E-state index contributed by atoms with van der Waals surface area (Å²) in [6, 6.07) is 5.68. The van der Waals surface area contributed by atoms with Crippen molar-refractivity contribution >= 4 is 11.6 Å². The lowest BCUT2D eigenvalue weighted by atomic mass is 10.1. The lowest BCUT2D eigenvalue weighted by Gasteiger charge is -2.23. The molecule has 8 nitrogen and oxygen atoms in total. The van der Waals surface area contributed by atoms with Crippen LogP contribution in [0.3, 0.4) is 0 Å². The van der Waals surface area contributed by atoms with Crippen molar-refractivity contribution in [3.8, 4) is 11.8 Å². The predicted molar refractivity (Wildman–Crippen MR) is 117 cm³/mol. The van der Waals surface area contributed by atoms with Gasteiger partial charge in [0, 0.05) is 12.1 Å². The summed E-state index contributed by atoms with van der Waals surface area (Å²) in [6.45, 7) is 7.59. The maximum Gasteiger partial charge on any atom is 0.573 e. The number of ether oxygens (including phenoxy) is 2. The molecule has 0 spiro atoms. The zero-order valence-corrected chi connectivity index (χ0v) is 18.7. The van der Waals surface area contributed by atoms with E-state index in [1.807, 2.05) is 20.8 Å². The van der Waals surface area contributed by atoms with Crippen LogP contribution in [0.15, 0.2) is 30.5 Å². The van der Waals surface area contributed by atoms with Crippen LogP contribution in [0.1, 0.15) is 56.7 Å². The Morgan fingerprint density at radius 3 is 2.73 bits per heavy atom. The molecule has 0 radical (unpaired) electrons. The summed E-state index contributed by atoms with van der Waals surface area (Å²) >= 11 is 0. The number of alkyl halides is 3. The largest absolute Gasteiger partial charge is 0.573 e. The van der Waals surface area contributed by atoms with E-state index >= 15 is 0 Å². The molecule has 1 aromatic carbocycles. The molecule has 1 unspecified atom stereocenters. The molecule has 0 aliphatic carbocycles. The fourth-order valence-electron chi connectivity index (χ4n) is 3.76. The molecule has 2 atom stereocenters. The summed E-state index contributed by atoms with van der Waals surface area (Å²) < 4.78 is 49.5. The second-order valence-electron chi connectivity index (χ2n) is 8.39. The van der Waals surface area contributed by atoms with E-state index in [9.17, 15) is 13.2 Å². The van der Waals surface area contributed by atoms with Crippen molar-refractivity contribution in [2.24, 2.45) is 0 Å². The van der Waals surface area contributed by atoms with Gasteiger partial charge in [0.25, 0.3) is 0 Å². The Labute approximate surface area is 189 Å². The van der Waals surface area contributed by atoms with Gasteiger partial charge in [-0.2, -0.15) is 19.6 Å². The number of hydrogen-bond acceptors (Lipinski definition) is 7. The van der Waals surface area contributed by atoms with Crippen molar-refractivity contribution in [1.29, 1.82) is 0 Å². The van der Waals surface area contributed by atoms with Gasteiger partial charge in [-0.05, 0) is 49.9 Å². The van der Waals surface area contributed by atoms with E-state index < -0.39 is 12.4 Å². The van der Waals surface area contributed by atoms with Gasteiger partial charge in [0.15, 0.2) is 5.65 Å². The minimum Gasteiger partial charge on any atom is -0.459 e. The van der Waals surface area contributed by atoms with E-state index in [4.69, 9.17) is 4.74 Å². The average molecular weight is 464 g/mol. The predicted octanol–water partition coefficient (Wildman–Crippen LogP) is 4.45. The fourth-order valence-corrected chi connectivity index (χ4v) is 3.76. The number of anilines is 1. The molecule has 0 saturated carbocycles. The van der Waals surface area contributed by atoms with Gasteiger partial charge in [-0.1, -0.05) is 26.0 Å². The molecule has 3 aromatic rings. The molecule has 2 aromatic heterocycles. The highest BCUT2D eigenvalue weighted by Gasteiger charge is 2.31. The maximum atomic E-state index is 12.6. The summed E-state index contributed by atoms with van der Waals surface area (Å²) in [5, 5.41) is 11.0. The molecule has 33 heavy (non-hydrogen) atoms. The summed E-state index contributed by atoms with van der Waals surface area (Å²) in [5.74, 6) is 0.292. The first-order valence-corrected chi connectivity index (χ1v) is 10.9. The topological polar surface area (TPSA) is 85.6 Å². The monoisotopic (exact) mass is 464 g/mol. The Balaban J connectivity index is 1.64. The standard InChI is InChI=1S/C22H27F3N6O2/c1-13(2)18-12-27-31-19(18)29-21(32-17-8-5-9-26-11-17)30-20(31)28-14(3)15-6-4-7-16(10-15)33-22(23,24)25/h4,6-7,10,12-14,17,26H,5,8-9,11H2,1-3H3,(H,28,29,30)/t14-,17?/m0/s1. The van der Waals surface area contributed by atoms with Crippen LogP contribution in [0, 0.1) is 0 Å². The lowest BCUT2D eigenvalue weighted by Crippen LogP contribution is -2.37. The Morgan fingerprint density at radius 2 is 2.03 bits per heavy atom. The van der Waals surface area contributed by atoms with E-state index in [2.05, 4.69) is 30.4 Å². The van der Waals surface area contributed by atoms with Crippen molar-refractivity contribution in [3.63, 3.8) is 0 Å². The Kier molecular flexibility index (Phi) is 6.59. The van der Waals surface area contributed by atoms with Crippen LogP contribution in [0.25, 0.3) is 5.65 Å². The van der Waals surface area contributed by atoms with Gasteiger partial charge in [0.1, 0.15) is 11.9 Å². The molecular formula is C22H27F3N6O2. The molecule has 0 bridgehead atoms. The number of nitrogens with zero attached hydrogens (tertiary/aromatic N) is 4. The normalized spacial score (nSPS) is 17.8. The molecule has 2 N–H and O–H groups in total. The average Bonchev–Trinajstić information content (AvgIpc) is 3.18. The zero-order chi connectivity index (χ0) is 23.6. The maximum absolute atomic E-state index is 12.6. The third kappa shape index (κ3) is 5.65. The molecule has 1 aliphatic heterocycles. The number of nitrogens with one attached hydrogen (secondary N) is 2. The first kappa shape index (κ1) is 23.1. The van der Waals surface area contributed by atoms with E-state index in [1.54, 1.807) is 16.8 Å². The van der Waals surface area contributed by atoms with Gasteiger partial charge in [-0.3, -0.25) is 0 Å². The SMILES string of the molecule is CC(C)c1cnn2c(N[C@@H](C)c3cccc(OC(F)(F)F)c3)nc(OC3CCCNC3)nc12. The molecule has 1 aliphatic rings. The third-order valence-electron chi connectivity index (χ3n) is 5.46. The Hall–Kier alpha value is -3.08. The number of fused-ring (bicyclic) bond motifs is 1. The Bertz CT molecular complexity index is 1100. The van der Waals surface area contributed by atoms with Crippen LogP contribution in [-0.2, 0) is 0 Å². The number of halogens is 3. The van der Waals surface area contributed by atoms with Crippen LogP contribution in [-0.4, -0.2) is 45.1 Å². The van der Waals surface area contributed by atoms with Gasteiger partial charge in [-0.15, -0.1) is 13.2 Å². The molecule has 3 heterocycles. The first-order chi connectivity index (χ1) is 15.7. The smallest absolute Gasteiger partial charge is 0.459 e. The molecule has 4 rings (SSSR count). The van der Waals surface area contributed by atoms with E-state index in [-0.39, 0.29) is 23.8 Å². The number of hydrogen-bond donors (Lipinski definition) is 2. The van der Waals surface area contributed by atoms with Crippen LogP contribution < -0.4 is 20.1 Å².